The van der Waals surface area contributed by atoms with E-state index in [1.54, 1.807) is 6.92 Å². The average molecular weight is 329 g/mol. The van der Waals surface area contributed by atoms with Crippen molar-refractivity contribution in [2.24, 2.45) is 0 Å². The second-order valence-corrected chi connectivity index (χ2v) is 7.41. The van der Waals surface area contributed by atoms with Crippen LogP contribution in [0.1, 0.15) is 30.9 Å². The van der Waals surface area contributed by atoms with Gasteiger partial charge in [-0.2, -0.15) is 0 Å². The van der Waals surface area contributed by atoms with Gasteiger partial charge in [0.25, 0.3) is 0 Å². The van der Waals surface area contributed by atoms with Crippen molar-refractivity contribution in [2.45, 2.75) is 31.7 Å². The Labute approximate surface area is 144 Å². The third kappa shape index (κ3) is 2.91. The highest BCUT2D eigenvalue weighted by Crippen LogP contribution is 2.44. The summed E-state index contributed by atoms with van der Waals surface area (Å²) in [7, 11) is 0. The summed E-state index contributed by atoms with van der Waals surface area (Å²) >= 11 is 0. The minimum atomic E-state index is 0.206. The second-order valence-electron chi connectivity index (χ2n) is 7.41. The smallest absolute Gasteiger partial charge is 0.219 e. The van der Waals surface area contributed by atoms with Crippen molar-refractivity contribution in [1.82, 2.24) is 9.80 Å². The van der Waals surface area contributed by atoms with Crippen LogP contribution in [0.15, 0.2) is 18.2 Å². The number of hydrogen-bond acceptors (Lipinski definition) is 4. The molecule has 0 aliphatic carbocycles. The molecule has 0 bridgehead atoms. The zero-order chi connectivity index (χ0) is 16.6. The summed E-state index contributed by atoms with van der Waals surface area (Å²) in [5.41, 5.74) is 4.36. The highest BCUT2D eigenvalue weighted by molar-refractivity contribution is 5.73. The Hall–Kier alpha value is -1.59. The Balaban J connectivity index is 1.52. The summed E-state index contributed by atoms with van der Waals surface area (Å²) in [5.74, 6) is 0.206. The Morgan fingerprint density at radius 2 is 1.96 bits per heavy atom. The molecule has 1 aromatic carbocycles. The molecule has 130 valence electrons. The summed E-state index contributed by atoms with van der Waals surface area (Å²) < 4.78 is 5.45. The minimum absolute atomic E-state index is 0.206. The molecular formula is C19H27N3O2. The molecular weight excluding hydrogens is 302 g/mol. The maximum Gasteiger partial charge on any atom is 0.219 e. The number of likely N-dealkylation sites (tertiary alicyclic amines) is 1. The number of fused-ring (bicyclic) bond motifs is 2. The zero-order valence-electron chi connectivity index (χ0n) is 14.5. The van der Waals surface area contributed by atoms with Gasteiger partial charge in [0.1, 0.15) is 0 Å². The van der Waals surface area contributed by atoms with E-state index in [0.29, 0.717) is 0 Å². The topological polar surface area (TPSA) is 44.8 Å². The molecule has 2 saturated heterocycles. The molecule has 24 heavy (non-hydrogen) atoms. The number of ether oxygens (including phenoxy) is 1. The van der Waals surface area contributed by atoms with Crippen LogP contribution in [0.3, 0.4) is 0 Å². The van der Waals surface area contributed by atoms with E-state index < -0.39 is 0 Å². The molecule has 0 unspecified atom stereocenters. The lowest BCUT2D eigenvalue weighted by molar-refractivity contribution is -0.130. The number of morpholine rings is 1. The quantitative estimate of drug-likeness (QED) is 0.899. The van der Waals surface area contributed by atoms with Gasteiger partial charge in [-0.05, 0) is 30.0 Å². The number of benzene rings is 1. The van der Waals surface area contributed by atoms with Gasteiger partial charge in [-0.3, -0.25) is 9.69 Å². The fourth-order valence-electron chi connectivity index (χ4n) is 4.36. The van der Waals surface area contributed by atoms with Gasteiger partial charge in [0.15, 0.2) is 0 Å². The molecule has 2 fully saturated rings. The number of carbonyl (C=O) groups is 1. The highest BCUT2D eigenvalue weighted by atomic mass is 16.5. The minimum Gasteiger partial charge on any atom is -0.384 e. The summed E-state index contributed by atoms with van der Waals surface area (Å²) in [4.78, 5) is 16.1. The van der Waals surface area contributed by atoms with E-state index in [-0.39, 0.29) is 11.3 Å². The molecule has 1 aromatic rings. The van der Waals surface area contributed by atoms with Gasteiger partial charge in [-0.25, -0.2) is 0 Å². The van der Waals surface area contributed by atoms with Crippen molar-refractivity contribution in [1.29, 1.82) is 0 Å². The van der Waals surface area contributed by atoms with Gasteiger partial charge >= 0.3 is 0 Å². The predicted molar refractivity (Wildman–Crippen MR) is 94.2 cm³/mol. The summed E-state index contributed by atoms with van der Waals surface area (Å²) in [6, 6.07) is 6.91. The standard InChI is InChI=1S/C19H27N3O2/c1-15(23)22-6-4-19(5-7-22)14-20-18-3-2-16(12-17(18)19)13-21-8-10-24-11-9-21/h2-3,12,20H,4-11,13-14H2,1H3. The maximum absolute atomic E-state index is 11.6. The molecule has 3 heterocycles. The van der Waals surface area contributed by atoms with E-state index in [2.05, 4.69) is 28.4 Å². The Morgan fingerprint density at radius 1 is 1.21 bits per heavy atom. The molecule has 0 atom stereocenters. The monoisotopic (exact) mass is 329 g/mol. The molecule has 3 aliphatic rings. The van der Waals surface area contributed by atoms with Crippen molar-refractivity contribution < 1.29 is 9.53 Å². The van der Waals surface area contributed by atoms with Crippen LogP contribution in [0.4, 0.5) is 5.69 Å². The summed E-state index contributed by atoms with van der Waals surface area (Å²) in [5, 5.41) is 3.60. The van der Waals surface area contributed by atoms with Crippen molar-refractivity contribution in [2.75, 3.05) is 51.3 Å². The lowest BCUT2D eigenvalue weighted by Gasteiger charge is -2.39. The van der Waals surface area contributed by atoms with Crippen molar-refractivity contribution in [3.8, 4) is 0 Å². The van der Waals surface area contributed by atoms with Crippen LogP contribution in [0.25, 0.3) is 0 Å². The molecule has 0 radical (unpaired) electrons. The first kappa shape index (κ1) is 15.9. The number of anilines is 1. The number of hydrogen-bond donors (Lipinski definition) is 1. The first-order chi connectivity index (χ1) is 11.7. The first-order valence-electron chi connectivity index (χ1n) is 9.09. The number of piperidine rings is 1. The number of carbonyl (C=O) groups excluding carboxylic acids is 1. The van der Waals surface area contributed by atoms with Crippen molar-refractivity contribution in [3.63, 3.8) is 0 Å². The van der Waals surface area contributed by atoms with E-state index in [4.69, 9.17) is 4.74 Å². The van der Waals surface area contributed by atoms with Gasteiger partial charge in [0.05, 0.1) is 13.2 Å². The Bertz CT molecular complexity index is 617. The largest absolute Gasteiger partial charge is 0.384 e. The van der Waals surface area contributed by atoms with Gasteiger partial charge < -0.3 is 15.0 Å². The van der Waals surface area contributed by atoms with Crippen LogP contribution in [0.2, 0.25) is 0 Å². The summed E-state index contributed by atoms with van der Waals surface area (Å²) in [6.07, 6.45) is 2.13. The normalized spacial score (nSPS) is 23.1. The fourth-order valence-corrected chi connectivity index (χ4v) is 4.36. The van der Waals surface area contributed by atoms with Gasteiger partial charge in [0, 0.05) is 57.3 Å². The van der Waals surface area contributed by atoms with Crippen LogP contribution in [-0.2, 0) is 21.5 Å². The Kier molecular flexibility index (Phi) is 4.22. The molecule has 1 N–H and O–H groups in total. The SMILES string of the molecule is CC(=O)N1CCC2(CC1)CNc1ccc(CN3CCOCC3)cc12. The van der Waals surface area contributed by atoms with Crippen LogP contribution in [-0.4, -0.2) is 61.6 Å². The van der Waals surface area contributed by atoms with E-state index in [9.17, 15) is 4.79 Å². The molecule has 1 spiro atoms. The molecule has 4 rings (SSSR count). The predicted octanol–water partition coefficient (Wildman–Crippen LogP) is 1.82. The molecule has 5 heteroatoms. The molecule has 1 amide bonds. The van der Waals surface area contributed by atoms with Crippen LogP contribution < -0.4 is 5.32 Å². The highest BCUT2D eigenvalue weighted by Gasteiger charge is 2.41. The number of nitrogens with zero attached hydrogens (tertiary/aromatic N) is 2. The Morgan fingerprint density at radius 3 is 2.67 bits per heavy atom. The third-order valence-corrected chi connectivity index (χ3v) is 5.95. The van der Waals surface area contributed by atoms with E-state index in [0.717, 1.165) is 65.3 Å². The lowest BCUT2D eigenvalue weighted by Crippen LogP contribution is -2.45. The molecule has 5 nitrogen and oxygen atoms in total. The van der Waals surface area contributed by atoms with Crippen molar-refractivity contribution in [3.05, 3.63) is 29.3 Å². The fraction of sp³-hybridized carbons (Fsp3) is 0.632. The first-order valence-corrected chi connectivity index (χ1v) is 9.09. The van der Waals surface area contributed by atoms with Gasteiger partial charge in [-0.15, -0.1) is 0 Å². The average Bonchev–Trinajstić information content (AvgIpc) is 2.94. The van der Waals surface area contributed by atoms with E-state index in [1.165, 1.54) is 16.8 Å². The third-order valence-electron chi connectivity index (χ3n) is 5.95. The van der Waals surface area contributed by atoms with E-state index >= 15 is 0 Å². The van der Waals surface area contributed by atoms with Gasteiger partial charge in [-0.1, -0.05) is 12.1 Å². The van der Waals surface area contributed by atoms with E-state index in [1.807, 2.05) is 4.90 Å². The maximum atomic E-state index is 11.6. The van der Waals surface area contributed by atoms with Crippen LogP contribution >= 0.6 is 0 Å². The van der Waals surface area contributed by atoms with Crippen LogP contribution in [0, 0.1) is 0 Å². The lowest BCUT2D eigenvalue weighted by atomic mass is 9.74. The number of rotatable bonds is 2. The second kappa shape index (κ2) is 6.37. The van der Waals surface area contributed by atoms with Gasteiger partial charge in [0.2, 0.25) is 5.91 Å². The summed E-state index contributed by atoms with van der Waals surface area (Å²) in [6.45, 7) is 9.19. The van der Waals surface area contributed by atoms with Crippen LogP contribution in [0.5, 0.6) is 0 Å². The molecule has 0 aromatic heterocycles. The number of amides is 1. The zero-order valence-corrected chi connectivity index (χ0v) is 14.5. The number of nitrogens with one attached hydrogen (secondary N) is 1. The molecule has 0 saturated carbocycles. The molecule has 3 aliphatic heterocycles. The van der Waals surface area contributed by atoms with Crippen molar-refractivity contribution >= 4 is 11.6 Å².